The van der Waals surface area contributed by atoms with Crippen LogP contribution in [0.5, 0.6) is 0 Å². The van der Waals surface area contributed by atoms with Crippen molar-refractivity contribution in [3.05, 3.63) is 95.4 Å². The van der Waals surface area contributed by atoms with Crippen molar-refractivity contribution in [3.8, 4) is 0 Å². The van der Waals surface area contributed by atoms with Crippen LogP contribution < -0.4 is 0 Å². The van der Waals surface area contributed by atoms with Gasteiger partial charge in [-0.15, -0.1) is 0 Å². The van der Waals surface area contributed by atoms with Crippen molar-refractivity contribution in [2.24, 2.45) is 0 Å². The van der Waals surface area contributed by atoms with Gasteiger partial charge in [0, 0.05) is 41.6 Å². The molecule has 31 heavy (non-hydrogen) atoms. The summed E-state index contributed by atoms with van der Waals surface area (Å²) >= 11 is 6.33. The molecule has 0 saturated carbocycles. The smallest absolute Gasteiger partial charge is 0.245 e. The number of hydrogen-bond acceptors (Lipinski definition) is 3. The van der Waals surface area contributed by atoms with Crippen molar-refractivity contribution in [2.45, 2.75) is 31.3 Å². The van der Waals surface area contributed by atoms with Gasteiger partial charge in [0.2, 0.25) is 10.0 Å². The lowest BCUT2D eigenvalue weighted by Gasteiger charge is -2.23. The molecule has 2 aromatic heterocycles. The lowest BCUT2D eigenvalue weighted by Crippen LogP contribution is -2.32. The molecule has 2 aromatic carbocycles. The molecule has 5 nitrogen and oxygen atoms in total. The summed E-state index contributed by atoms with van der Waals surface area (Å²) in [6.45, 7) is 3.25. The maximum Gasteiger partial charge on any atom is 0.245 e. The zero-order valence-electron chi connectivity index (χ0n) is 17.3. The van der Waals surface area contributed by atoms with Crippen molar-refractivity contribution in [1.29, 1.82) is 0 Å². The zero-order chi connectivity index (χ0) is 21.8. The summed E-state index contributed by atoms with van der Waals surface area (Å²) in [5.41, 5.74) is 2.40. The number of pyridine rings is 1. The highest BCUT2D eigenvalue weighted by Gasteiger charge is 2.27. The Balaban J connectivity index is 1.68. The first-order valence-corrected chi connectivity index (χ1v) is 12.0. The predicted molar refractivity (Wildman–Crippen MR) is 125 cm³/mol. The van der Waals surface area contributed by atoms with Gasteiger partial charge in [0.15, 0.2) is 0 Å². The van der Waals surface area contributed by atoms with Crippen LogP contribution in [0.15, 0.2) is 84.0 Å². The van der Waals surface area contributed by atoms with Gasteiger partial charge in [-0.2, -0.15) is 4.31 Å². The number of benzene rings is 2. The van der Waals surface area contributed by atoms with Gasteiger partial charge in [0.05, 0.1) is 12.1 Å². The second-order valence-electron chi connectivity index (χ2n) is 7.39. The highest BCUT2D eigenvalue weighted by Crippen LogP contribution is 2.26. The summed E-state index contributed by atoms with van der Waals surface area (Å²) in [6.07, 6.45) is 4.29. The molecular weight excluding hydrogens is 430 g/mol. The molecule has 0 unspecified atom stereocenters. The van der Waals surface area contributed by atoms with E-state index in [4.69, 9.17) is 11.6 Å². The highest BCUT2D eigenvalue weighted by atomic mass is 35.5. The molecule has 0 spiro atoms. The van der Waals surface area contributed by atoms with Gasteiger partial charge >= 0.3 is 0 Å². The number of sulfonamides is 1. The van der Waals surface area contributed by atoms with Crippen molar-refractivity contribution in [2.75, 3.05) is 6.54 Å². The second-order valence-corrected chi connectivity index (χ2v) is 9.70. The topological polar surface area (TPSA) is 55.2 Å². The van der Waals surface area contributed by atoms with Crippen LogP contribution in [0.25, 0.3) is 10.9 Å². The van der Waals surface area contributed by atoms with Gasteiger partial charge in [-0.3, -0.25) is 4.98 Å². The standard InChI is InChI=1S/C24H24ClN3O2S/c1-2-15-28(31(29,30)23-13-5-9-19-10-6-14-26-24(19)23)18-21-11-7-16-27(21)17-20-8-3-4-12-22(20)25/h3-14,16H,2,15,17-18H2,1H3. The maximum absolute atomic E-state index is 13.6. The summed E-state index contributed by atoms with van der Waals surface area (Å²) in [6, 6.07) is 20.5. The van der Waals surface area contributed by atoms with E-state index >= 15 is 0 Å². The van der Waals surface area contributed by atoms with Crippen LogP contribution in [0, 0.1) is 0 Å². The number of halogens is 1. The first-order valence-electron chi connectivity index (χ1n) is 10.2. The third kappa shape index (κ3) is 4.51. The zero-order valence-corrected chi connectivity index (χ0v) is 18.9. The number of hydrogen-bond donors (Lipinski definition) is 0. The number of aromatic nitrogens is 2. The molecule has 0 aliphatic rings. The summed E-state index contributed by atoms with van der Waals surface area (Å²) in [5.74, 6) is 0. The molecule has 4 aromatic rings. The van der Waals surface area contributed by atoms with Crippen LogP contribution in [0.4, 0.5) is 0 Å². The molecule has 4 rings (SSSR count). The average molecular weight is 454 g/mol. The van der Waals surface area contributed by atoms with E-state index in [1.807, 2.05) is 72.3 Å². The van der Waals surface area contributed by atoms with Crippen molar-refractivity contribution >= 4 is 32.5 Å². The van der Waals surface area contributed by atoms with Crippen molar-refractivity contribution in [1.82, 2.24) is 13.9 Å². The van der Waals surface area contributed by atoms with Crippen molar-refractivity contribution in [3.63, 3.8) is 0 Å². The van der Waals surface area contributed by atoms with Crippen LogP contribution in [0.1, 0.15) is 24.6 Å². The summed E-state index contributed by atoms with van der Waals surface area (Å²) in [4.78, 5) is 4.58. The summed E-state index contributed by atoms with van der Waals surface area (Å²) in [5, 5.41) is 1.50. The lowest BCUT2D eigenvalue weighted by molar-refractivity contribution is 0.396. The third-order valence-corrected chi connectivity index (χ3v) is 7.49. The quantitative estimate of drug-likeness (QED) is 0.362. The second kappa shape index (κ2) is 9.22. The van der Waals surface area contributed by atoms with Crippen LogP contribution in [-0.2, 0) is 23.1 Å². The van der Waals surface area contributed by atoms with Crippen LogP contribution in [-0.4, -0.2) is 28.8 Å². The number of para-hydroxylation sites is 1. The van der Waals surface area contributed by atoms with E-state index in [2.05, 4.69) is 4.98 Å². The minimum atomic E-state index is -3.73. The fourth-order valence-corrected chi connectivity index (χ4v) is 5.56. The van der Waals surface area contributed by atoms with E-state index in [1.165, 1.54) is 4.31 Å². The van der Waals surface area contributed by atoms with E-state index in [0.29, 0.717) is 30.0 Å². The number of rotatable bonds is 8. The van der Waals surface area contributed by atoms with E-state index in [1.54, 1.807) is 18.3 Å². The predicted octanol–water partition coefficient (Wildman–Crippen LogP) is 5.34. The Hall–Kier alpha value is -2.67. The molecule has 7 heteroatoms. The Kier molecular flexibility index (Phi) is 6.41. The monoisotopic (exact) mass is 453 g/mol. The third-order valence-electron chi connectivity index (χ3n) is 5.25. The molecule has 2 heterocycles. The molecule has 0 atom stereocenters. The largest absolute Gasteiger partial charge is 0.346 e. The Morgan fingerprint density at radius 2 is 1.81 bits per heavy atom. The summed E-state index contributed by atoms with van der Waals surface area (Å²) < 4.78 is 30.9. The Morgan fingerprint density at radius 1 is 1.00 bits per heavy atom. The molecule has 0 saturated heterocycles. The molecule has 0 fully saturated rings. The Bertz CT molecular complexity index is 1300. The van der Waals surface area contributed by atoms with Gasteiger partial charge < -0.3 is 4.57 Å². The van der Waals surface area contributed by atoms with Gasteiger partial charge in [-0.25, -0.2) is 8.42 Å². The fraction of sp³-hybridized carbons (Fsp3) is 0.208. The molecule has 0 aliphatic carbocycles. The Morgan fingerprint density at radius 3 is 2.61 bits per heavy atom. The lowest BCUT2D eigenvalue weighted by atomic mass is 10.2. The number of fused-ring (bicyclic) bond motifs is 1. The van der Waals surface area contributed by atoms with Crippen LogP contribution in [0.2, 0.25) is 5.02 Å². The van der Waals surface area contributed by atoms with E-state index < -0.39 is 10.0 Å². The minimum absolute atomic E-state index is 0.239. The van der Waals surface area contributed by atoms with Gasteiger partial charge in [-0.1, -0.05) is 54.9 Å². The highest BCUT2D eigenvalue weighted by molar-refractivity contribution is 7.89. The normalized spacial score (nSPS) is 12.0. The minimum Gasteiger partial charge on any atom is -0.346 e. The molecule has 0 aliphatic heterocycles. The molecule has 0 radical (unpaired) electrons. The number of nitrogens with zero attached hydrogens (tertiary/aromatic N) is 3. The van der Waals surface area contributed by atoms with Gasteiger partial charge in [0.25, 0.3) is 0 Å². The Labute approximate surface area is 188 Å². The average Bonchev–Trinajstić information content (AvgIpc) is 3.21. The summed E-state index contributed by atoms with van der Waals surface area (Å²) in [7, 11) is -3.73. The van der Waals surface area contributed by atoms with E-state index in [-0.39, 0.29) is 11.4 Å². The first kappa shape index (κ1) is 21.6. The van der Waals surface area contributed by atoms with Gasteiger partial charge in [0.1, 0.15) is 4.90 Å². The molecular formula is C24H24ClN3O2S. The van der Waals surface area contributed by atoms with Crippen molar-refractivity contribution < 1.29 is 8.42 Å². The molecule has 0 N–H and O–H groups in total. The molecule has 160 valence electrons. The maximum atomic E-state index is 13.6. The molecule has 0 bridgehead atoms. The first-order chi connectivity index (χ1) is 15.0. The van der Waals surface area contributed by atoms with Gasteiger partial charge in [-0.05, 0) is 42.3 Å². The molecule has 0 amide bonds. The van der Waals surface area contributed by atoms with Crippen LogP contribution in [0.3, 0.4) is 0 Å². The SMILES string of the molecule is CCCN(Cc1cccn1Cc1ccccc1Cl)S(=O)(=O)c1cccc2cccnc12. The van der Waals surface area contributed by atoms with E-state index in [0.717, 1.165) is 16.6 Å². The van der Waals surface area contributed by atoms with Crippen LogP contribution >= 0.6 is 11.6 Å². The van der Waals surface area contributed by atoms with E-state index in [9.17, 15) is 8.42 Å². The fourth-order valence-electron chi connectivity index (χ4n) is 3.70.